The van der Waals surface area contributed by atoms with E-state index in [0.29, 0.717) is 0 Å². The van der Waals surface area contributed by atoms with Crippen LogP contribution in [0, 0.1) is 11.8 Å². The molecule has 2 aliphatic heterocycles. The third kappa shape index (κ3) is 5.00. The van der Waals surface area contributed by atoms with Crippen molar-refractivity contribution < 1.29 is 68.3 Å². The van der Waals surface area contributed by atoms with Gasteiger partial charge in [0.15, 0.2) is 12.4 Å². The predicted octanol–water partition coefficient (Wildman–Crippen LogP) is -2.92. The van der Waals surface area contributed by atoms with Crippen molar-refractivity contribution in [1.29, 1.82) is 0 Å². The second-order valence-electron chi connectivity index (χ2n) is 8.78. The molecule has 0 radical (unpaired) electrons. The molecular weight excluding hydrogens is 476 g/mol. The molecule has 0 amide bonds. The monoisotopic (exact) mass is 506 g/mol. The van der Waals surface area contributed by atoms with Gasteiger partial charge in [-0.05, 0) is 6.92 Å². The van der Waals surface area contributed by atoms with Crippen LogP contribution in [0.4, 0.5) is 0 Å². The molecule has 1 aliphatic carbocycles. The third-order valence-corrected chi connectivity index (χ3v) is 6.40. The van der Waals surface area contributed by atoms with E-state index in [4.69, 9.17) is 28.4 Å². The van der Waals surface area contributed by atoms with E-state index in [2.05, 4.69) is 0 Å². The molecule has 11 unspecified atom stereocenters. The van der Waals surface area contributed by atoms with Crippen molar-refractivity contribution in [2.45, 2.75) is 75.6 Å². The molecule has 198 valence electrons. The molecule has 1 saturated carbocycles. The number of carbonyl (C=O) groups excluding carboxylic acids is 3. The van der Waals surface area contributed by atoms with E-state index in [-0.39, 0.29) is 5.57 Å². The minimum atomic E-state index is -2.03. The Morgan fingerprint density at radius 1 is 1.03 bits per heavy atom. The van der Waals surface area contributed by atoms with Gasteiger partial charge in [-0.3, -0.25) is 9.59 Å². The fourth-order valence-electron chi connectivity index (χ4n) is 4.82. The quantitative estimate of drug-likeness (QED) is 0.181. The van der Waals surface area contributed by atoms with E-state index >= 15 is 0 Å². The molecule has 5 N–H and O–H groups in total. The molecule has 0 aromatic carbocycles. The smallest absolute Gasteiger partial charge is 0.337 e. The maximum absolute atomic E-state index is 12.5. The van der Waals surface area contributed by atoms with Crippen molar-refractivity contribution in [3.63, 3.8) is 0 Å². The van der Waals surface area contributed by atoms with Crippen LogP contribution in [0.2, 0.25) is 0 Å². The minimum absolute atomic E-state index is 0.146. The lowest BCUT2D eigenvalue weighted by Gasteiger charge is -2.44. The van der Waals surface area contributed by atoms with Crippen molar-refractivity contribution >= 4 is 17.9 Å². The van der Waals surface area contributed by atoms with E-state index in [1.165, 1.54) is 6.92 Å². The summed E-state index contributed by atoms with van der Waals surface area (Å²) in [6, 6.07) is 0. The number of aliphatic hydroxyl groups excluding tert-OH is 4. The Hall–Kier alpha value is -2.33. The van der Waals surface area contributed by atoms with Crippen molar-refractivity contribution in [3.05, 3.63) is 11.8 Å². The van der Waals surface area contributed by atoms with E-state index in [1.807, 2.05) is 0 Å². The number of aliphatic hydroxyl groups is 5. The maximum atomic E-state index is 12.5. The average molecular weight is 506 g/mol. The lowest BCUT2D eigenvalue weighted by Crippen LogP contribution is -2.61. The first kappa shape index (κ1) is 27.3. The maximum Gasteiger partial charge on any atom is 0.337 e. The average Bonchev–Trinajstić information content (AvgIpc) is 3.00. The highest BCUT2D eigenvalue weighted by Crippen LogP contribution is 2.52. The van der Waals surface area contributed by atoms with Gasteiger partial charge in [0.1, 0.15) is 36.1 Å². The second-order valence-corrected chi connectivity index (χ2v) is 8.78. The summed E-state index contributed by atoms with van der Waals surface area (Å²) >= 11 is 0. The van der Waals surface area contributed by atoms with E-state index in [9.17, 15) is 39.9 Å². The molecule has 35 heavy (non-hydrogen) atoms. The molecule has 0 spiro atoms. The van der Waals surface area contributed by atoms with Crippen LogP contribution in [0.3, 0.4) is 0 Å². The van der Waals surface area contributed by atoms with Crippen LogP contribution in [0.1, 0.15) is 20.8 Å². The van der Waals surface area contributed by atoms with Gasteiger partial charge >= 0.3 is 17.9 Å². The van der Waals surface area contributed by atoms with Crippen LogP contribution < -0.4 is 0 Å². The van der Waals surface area contributed by atoms with E-state index in [0.717, 1.165) is 27.2 Å². The van der Waals surface area contributed by atoms with Gasteiger partial charge in [0.05, 0.1) is 31.5 Å². The van der Waals surface area contributed by atoms with Gasteiger partial charge in [0.25, 0.3) is 0 Å². The number of fused-ring (bicyclic) bond motifs is 1. The summed E-state index contributed by atoms with van der Waals surface area (Å²) in [4.78, 5) is 36.2. The first-order chi connectivity index (χ1) is 16.3. The molecule has 3 aliphatic rings. The normalized spacial score (nSPS) is 42.8. The zero-order valence-corrected chi connectivity index (χ0v) is 19.5. The van der Waals surface area contributed by atoms with Gasteiger partial charge in [0, 0.05) is 19.8 Å². The summed E-state index contributed by atoms with van der Waals surface area (Å²) in [5.74, 6) is -4.88. The first-order valence-electron chi connectivity index (χ1n) is 10.8. The van der Waals surface area contributed by atoms with Gasteiger partial charge < -0.3 is 54.0 Å². The SMILES string of the molecule is COC(=O)C1=COC(OC2OC(CO)C(O)C(O)C2O)C2C1C(OC(C)=O)C(OC(C)=O)C2(C)O. The van der Waals surface area contributed by atoms with Gasteiger partial charge in [-0.2, -0.15) is 0 Å². The summed E-state index contributed by atoms with van der Waals surface area (Å²) in [5.41, 5.74) is -2.17. The van der Waals surface area contributed by atoms with Crippen LogP contribution in [0.5, 0.6) is 0 Å². The topological polar surface area (TPSA) is 208 Å². The molecular formula is C21H30O14. The number of rotatable bonds is 6. The van der Waals surface area contributed by atoms with Gasteiger partial charge in [0.2, 0.25) is 6.29 Å². The Labute approximate surface area is 199 Å². The van der Waals surface area contributed by atoms with Gasteiger partial charge in [-0.25, -0.2) is 4.79 Å². The molecule has 2 heterocycles. The number of hydrogen-bond acceptors (Lipinski definition) is 14. The molecule has 14 heteroatoms. The Balaban J connectivity index is 2.02. The highest BCUT2D eigenvalue weighted by molar-refractivity contribution is 5.89. The Morgan fingerprint density at radius 3 is 2.20 bits per heavy atom. The number of carbonyl (C=O) groups is 3. The van der Waals surface area contributed by atoms with Crippen molar-refractivity contribution in [2.24, 2.45) is 11.8 Å². The Bertz CT molecular complexity index is 853. The predicted molar refractivity (Wildman–Crippen MR) is 109 cm³/mol. The van der Waals surface area contributed by atoms with Crippen LogP contribution >= 0.6 is 0 Å². The molecule has 11 atom stereocenters. The van der Waals surface area contributed by atoms with Gasteiger partial charge in [-0.15, -0.1) is 0 Å². The molecule has 1 saturated heterocycles. The summed E-state index contributed by atoms with van der Waals surface area (Å²) in [6.45, 7) is 2.72. The highest BCUT2D eigenvalue weighted by Gasteiger charge is 2.67. The lowest BCUT2D eigenvalue weighted by molar-refractivity contribution is -0.347. The largest absolute Gasteiger partial charge is 0.471 e. The van der Waals surface area contributed by atoms with Crippen molar-refractivity contribution in [2.75, 3.05) is 13.7 Å². The number of hydrogen-bond donors (Lipinski definition) is 5. The van der Waals surface area contributed by atoms with Crippen molar-refractivity contribution in [3.8, 4) is 0 Å². The van der Waals surface area contributed by atoms with Crippen LogP contribution in [0.25, 0.3) is 0 Å². The highest BCUT2D eigenvalue weighted by atomic mass is 16.8. The summed E-state index contributed by atoms with van der Waals surface area (Å²) < 4.78 is 32.0. The fourth-order valence-corrected chi connectivity index (χ4v) is 4.82. The first-order valence-corrected chi connectivity index (χ1v) is 10.8. The zero-order valence-electron chi connectivity index (χ0n) is 19.5. The summed E-state index contributed by atoms with van der Waals surface area (Å²) in [5, 5.41) is 51.3. The molecule has 0 aromatic heterocycles. The van der Waals surface area contributed by atoms with Crippen LogP contribution in [0.15, 0.2) is 11.8 Å². The number of esters is 3. The Morgan fingerprint density at radius 2 is 1.66 bits per heavy atom. The lowest BCUT2D eigenvalue weighted by atomic mass is 9.80. The number of methoxy groups -OCH3 is 1. The van der Waals surface area contributed by atoms with E-state index < -0.39 is 91.2 Å². The Kier molecular flexibility index (Phi) is 8.06. The molecule has 2 fully saturated rings. The standard InChI is InChI=1S/C21H30O14/c1-7(23)32-16-11-9(18(28)30-4)6-31-19(12(11)21(3,29)17(16)33-8(2)24)35-20-15(27)14(26)13(25)10(5-22)34-20/h6,10-17,19-20,22,25-27,29H,5H2,1-4H3. The second kappa shape index (κ2) is 10.3. The molecule has 0 bridgehead atoms. The third-order valence-electron chi connectivity index (χ3n) is 6.40. The van der Waals surface area contributed by atoms with Crippen LogP contribution in [-0.4, -0.2) is 112 Å². The summed E-state index contributed by atoms with van der Waals surface area (Å²) in [6.07, 6.45) is -11.5. The molecule has 0 aromatic rings. The van der Waals surface area contributed by atoms with Crippen LogP contribution in [-0.2, 0) is 42.8 Å². The molecule has 14 nitrogen and oxygen atoms in total. The fraction of sp³-hybridized carbons (Fsp3) is 0.762. The van der Waals surface area contributed by atoms with Gasteiger partial charge in [-0.1, -0.05) is 0 Å². The zero-order chi connectivity index (χ0) is 26.2. The molecule has 3 rings (SSSR count). The number of ether oxygens (including phenoxy) is 6. The van der Waals surface area contributed by atoms with Crippen molar-refractivity contribution in [1.82, 2.24) is 0 Å². The van der Waals surface area contributed by atoms with E-state index in [1.54, 1.807) is 0 Å². The summed E-state index contributed by atoms with van der Waals surface area (Å²) in [7, 11) is 1.10. The minimum Gasteiger partial charge on any atom is -0.471 e.